The van der Waals surface area contributed by atoms with Gasteiger partial charge in [0.25, 0.3) is 0 Å². The maximum Gasteiger partial charge on any atom is 0.198 e. The van der Waals surface area contributed by atoms with Crippen LogP contribution < -0.4 is 15.2 Å². The van der Waals surface area contributed by atoms with Gasteiger partial charge in [0.1, 0.15) is 23.9 Å². The van der Waals surface area contributed by atoms with Crippen LogP contribution >= 0.6 is 0 Å². The Bertz CT molecular complexity index is 1330. The number of halogens is 2. The molecule has 2 aromatic carbocycles. The number of aromatic nitrogens is 2. The van der Waals surface area contributed by atoms with Crippen molar-refractivity contribution in [3.05, 3.63) is 66.5 Å². The normalized spacial score (nSPS) is 11.7. The molecule has 0 radical (unpaired) electrons. The van der Waals surface area contributed by atoms with E-state index in [-0.39, 0.29) is 18.2 Å². The fourth-order valence-electron chi connectivity index (χ4n) is 3.77. The van der Waals surface area contributed by atoms with Crippen molar-refractivity contribution in [2.24, 2.45) is 0 Å². The third kappa shape index (κ3) is 5.46. The second-order valence-corrected chi connectivity index (χ2v) is 15.1. The molecule has 184 valence electrons. The van der Waals surface area contributed by atoms with Crippen LogP contribution in [0.1, 0.15) is 0 Å². The number of nitrogens with two attached hydrogens (primary N) is 1. The number of hydrogen-bond acceptors (Lipinski definition) is 5. The highest BCUT2D eigenvalue weighted by Crippen LogP contribution is 2.42. The highest BCUT2D eigenvalue weighted by Gasteiger charge is 2.21. The molecule has 0 bridgehead atoms. The van der Waals surface area contributed by atoms with Gasteiger partial charge in [-0.05, 0) is 18.2 Å². The molecule has 0 saturated carbocycles. The number of para-hydroxylation sites is 1. The molecule has 0 aliphatic rings. The number of pyridine rings is 1. The van der Waals surface area contributed by atoms with Crippen LogP contribution in [-0.2, 0) is 11.5 Å². The van der Waals surface area contributed by atoms with E-state index in [2.05, 4.69) is 24.6 Å². The first-order chi connectivity index (χ1) is 16.7. The average Bonchev–Trinajstić information content (AvgIpc) is 3.17. The third-order valence-electron chi connectivity index (χ3n) is 5.58. The SMILES string of the molecule is COc1ccccc1-c1cn(COCC[Si](C)(C)C)c2nccc(Oc3c(F)cc(N)cc3F)c12. The summed E-state index contributed by atoms with van der Waals surface area (Å²) in [5, 5.41) is 0.585. The maximum atomic E-state index is 14.5. The summed E-state index contributed by atoms with van der Waals surface area (Å²) in [7, 11) is 0.347. The summed E-state index contributed by atoms with van der Waals surface area (Å²) in [6.45, 7) is 7.79. The van der Waals surface area contributed by atoms with Crippen molar-refractivity contribution < 1.29 is 23.0 Å². The zero-order chi connectivity index (χ0) is 25.2. The van der Waals surface area contributed by atoms with Gasteiger partial charge in [-0.2, -0.15) is 0 Å². The molecule has 0 saturated heterocycles. The summed E-state index contributed by atoms with van der Waals surface area (Å²) in [5.41, 5.74) is 7.63. The Labute approximate surface area is 204 Å². The standard InChI is InChI=1S/C26H29F2N3O3Si/c1-32-22-8-6-5-7-18(22)19-15-31(16-33-11-12-35(2,3)4)26-24(19)23(9-10-30-26)34-25-20(27)13-17(29)14-21(25)28/h5-10,13-15H,11-12,16,29H2,1-4H3. The zero-order valence-electron chi connectivity index (χ0n) is 20.3. The highest BCUT2D eigenvalue weighted by molar-refractivity contribution is 6.76. The molecule has 4 aromatic rings. The predicted octanol–water partition coefficient (Wildman–Crippen LogP) is 6.68. The lowest BCUT2D eigenvalue weighted by Crippen LogP contribution is -2.22. The molecule has 0 aliphatic heterocycles. The van der Waals surface area contributed by atoms with Gasteiger partial charge in [0.15, 0.2) is 17.4 Å². The van der Waals surface area contributed by atoms with Crippen molar-refractivity contribution >= 4 is 24.8 Å². The Morgan fingerprint density at radius 3 is 2.40 bits per heavy atom. The van der Waals surface area contributed by atoms with Gasteiger partial charge in [-0.3, -0.25) is 0 Å². The van der Waals surface area contributed by atoms with E-state index in [0.717, 1.165) is 29.3 Å². The summed E-state index contributed by atoms with van der Waals surface area (Å²) in [4.78, 5) is 4.53. The Morgan fingerprint density at radius 1 is 1.00 bits per heavy atom. The molecule has 0 fully saturated rings. The van der Waals surface area contributed by atoms with Crippen molar-refractivity contribution in [1.29, 1.82) is 0 Å². The fraction of sp³-hybridized carbons (Fsp3) is 0.269. The second-order valence-electron chi connectivity index (χ2n) is 9.48. The van der Waals surface area contributed by atoms with E-state index in [4.69, 9.17) is 19.9 Å². The van der Waals surface area contributed by atoms with Crippen molar-refractivity contribution in [2.45, 2.75) is 32.4 Å². The molecule has 2 heterocycles. The van der Waals surface area contributed by atoms with Gasteiger partial charge in [0.2, 0.25) is 0 Å². The van der Waals surface area contributed by atoms with E-state index >= 15 is 0 Å². The minimum atomic E-state index is -1.24. The molecular formula is C26H29F2N3O3Si. The Kier molecular flexibility index (Phi) is 7.09. The molecule has 2 aromatic heterocycles. The van der Waals surface area contributed by atoms with Crippen LogP contribution in [0.3, 0.4) is 0 Å². The topological polar surface area (TPSA) is 71.5 Å². The van der Waals surface area contributed by atoms with Crippen LogP contribution in [0.4, 0.5) is 14.5 Å². The predicted molar refractivity (Wildman–Crippen MR) is 137 cm³/mol. The van der Waals surface area contributed by atoms with Gasteiger partial charge in [0.05, 0.1) is 12.5 Å². The van der Waals surface area contributed by atoms with E-state index in [9.17, 15) is 8.78 Å². The van der Waals surface area contributed by atoms with Crippen LogP contribution in [0.25, 0.3) is 22.2 Å². The molecule has 9 heteroatoms. The van der Waals surface area contributed by atoms with Crippen LogP contribution in [0.15, 0.2) is 54.9 Å². The maximum absolute atomic E-state index is 14.5. The molecule has 0 aliphatic carbocycles. The Morgan fingerprint density at radius 2 is 1.71 bits per heavy atom. The Hall–Kier alpha value is -3.43. The van der Waals surface area contributed by atoms with Gasteiger partial charge in [0, 0.05) is 56.0 Å². The first-order valence-electron chi connectivity index (χ1n) is 11.3. The lowest BCUT2D eigenvalue weighted by molar-refractivity contribution is 0.0899. The average molecular weight is 498 g/mol. The van der Waals surface area contributed by atoms with Gasteiger partial charge in [-0.15, -0.1) is 0 Å². The molecule has 0 amide bonds. The fourth-order valence-corrected chi connectivity index (χ4v) is 4.53. The Balaban J connectivity index is 1.82. The molecule has 2 N–H and O–H groups in total. The van der Waals surface area contributed by atoms with Gasteiger partial charge in [-0.25, -0.2) is 13.8 Å². The summed E-state index contributed by atoms with van der Waals surface area (Å²) < 4.78 is 48.3. The van der Waals surface area contributed by atoms with Crippen LogP contribution in [0, 0.1) is 11.6 Å². The number of nitrogen functional groups attached to an aromatic ring is 1. The second kappa shape index (κ2) is 10.0. The molecule has 6 nitrogen and oxygen atoms in total. The van der Waals surface area contributed by atoms with E-state index in [1.54, 1.807) is 13.2 Å². The molecule has 0 atom stereocenters. The lowest BCUT2D eigenvalue weighted by atomic mass is 10.0. The molecule has 4 rings (SSSR count). The summed E-state index contributed by atoms with van der Waals surface area (Å²) in [5.74, 6) is -1.41. The molecule has 0 unspecified atom stereocenters. The van der Waals surface area contributed by atoms with Crippen molar-refractivity contribution in [2.75, 3.05) is 19.5 Å². The summed E-state index contributed by atoms with van der Waals surface area (Å²) >= 11 is 0. The highest BCUT2D eigenvalue weighted by atomic mass is 28.3. The number of hydrogen-bond donors (Lipinski definition) is 1. The number of ether oxygens (including phenoxy) is 3. The monoisotopic (exact) mass is 497 g/mol. The number of benzene rings is 2. The van der Waals surface area contributed by atoms with Crippen LogP contribution in [0.5, 0.6) is 17.2 Å². The number of anilines is 1. The molecule has 35 heavy (non-hydrogen) atoms. The van der Waals surface area contributed by atoms with Crippen molar-refractivity contribution in [1.82, 2.24) is 9.55 Å². The minimum absolute atomic E-state index is 0.0245. The zero-order valence-corrected chi connectivity index (χ0v) is 21.3. The van der Waals surface area contributed by atoms with Gasteiger partial charge < -0.3 is 24.5 Å². The van der Waals surface area contributed by atoms with E-state index in [0.29, 0.717) is 23.4 Å². The van der Waals surface area contributed by atoms with Gasteiger partial charge in [-0.1, -0.05) is 37.8 Å². The van der Waals surface area contributed by atoms with Crippen LogP contribution in [0.2, 0.25) is 25.7 Å². The number of nitrogens with zero attached hydrogens (tertiary/aromatic N) is 2. The lowest BCUT2D eigenvalue weighted by Gasteiger charge is -2.15. The number of fused-ring (bicyclic) bond motifs is 1. The van der Waals surface area contributed by atoms with Crippen LogP contribution in [-0.4, -0.2) is 31.3 Å². The quantitative estimate of drug-likeness (QED) is 0.159. The van der Waals surface area contributed by atoms with Gasteiger partial charge >= 0.3 is 0 Å². The number of methoxy groups -OCH3 is 1. The first-order valence-corrected chi connectivity index (χ1v) is 15.0. The van der Waals surface area contributed by atoms with E-state index < -0.39 is 25.5 Å². The van der Waals surface area contributed by atoms with Crippen molar-refractivity contribution in [3.63, 3.8) is 0 Å². The largest absolute Gasteiger partial charge is 0.496 e. The summed E-state index contributed by atoms with van der Waals surface area (Å²) in [6.07, 6.45) is 3.43. The smallest absolute Gasteiger partial charge is 0.198 e. The third-order valence-corrected chi connectivity index (χ3v) is 7.28. The minimum Gasteiger partial charge on any atom is -0.496 e. The van der Waals surface area contributed by atoms with E-state index in [1.165, 1.54) is 6.20 Å². The number of rotatable bonds is 9. The van der Waals surface area contributed by atoms with E-state index in [1.807, 2.05) is 35.0 Å². The summed E-state index contributed by atoms with van der Waals surface area (Å²) in [6, 6.07) is 12.2. The van der Waals surface area contributed by atoms with Crippen molar-refractivity contribution in [3.8, 4) is 28.4 Å². The molecular weight excluding hydrogens is 468 g/mol. The molecule has 0 spiro atoms. The first kappa shape index (κ1) is 24.7.